The molecule has 5 nitrogen and oxygen atoms in total. The van der Waals surface area contributed by atoms with E-state index >= 15 is 0 Å². The first-order valence-corrected chi connectivity index (χ1v) is 9.95. The van der Waals surface area contributed by atoms with E-state index in [1.165, 1.54) is 0 Å². The lowest BCUT2D eigenvalue weighted by Crippen LogP contribution is -2.48. The third-order valence-electron chi connectivity index (χ3n) is 4.92. The summed E-state index contributed by atoms with van der Waals surface area (Å²) in [5, 5.41) is 5.92. The molecule has 8 heteroatoms. The number of amides is 2. The summed E-state index contributed by atoms with van der Waals surface area (Å²) in [5.41, 5.74) is 2.04. The van der Waals surface area contributed by atoms with Crippen LogP contribution in [0.25, 0.3) is 0 Å². The molecule has 0 bridgehead atoms. The molecule has 0 saturated carbocycles. The lowest BCUT2D eigenvalue weighted by atomic mass is 10.0. The van der Waals surface area contributed by atoms with Gasteiger partial charge in [0.1, 0.15) is 17.7 Å². The Hall–Kier alpha value is -3.45. The van der Waals surface area contributed by atoms with Crippen molar-refractivity contribution < 1.29 is 18.4 Å². The van der Waals surface area contributed by atoms with E-state index in [1.54, 1.807) is 23.1 Å². The summed E-state index contributed by atoms with van der Waals surface area (Å²) in [6.07, 6.45) is -0.243. The molecule has 2 amide bonds. The van der Waals surface area contributed by atoms with Crippen LogP contribution in [-0.4, -0.2) is 17.9 Å². The van der Waals surface area contributed by atoms with E-state index in [-0.39, 0.29) is 18.0 Å². The Kier molecular flexibility index (Phi) is 5.86. The third-order valence-corrected chi connectivity index (χ3v) is 5.16. The second-order valence-corrected chi connectivity index (χ2v) is 7.58. The topological polar surface area (TPSA) is 61.4 Å². The fraction of sp³-hybridized carbons (Fsp3) is 0.130. The first kappa shape index (κ1) is 20.8. The molecule has 3 aromatic rings. The maximum atomic E-state index is 13.9. The molecule has 158 valence electrons. The van der Waals surface area contributed by atoms with Gasteiger partial charge in [-0.2, -0.15) is 0 Å². The highest BCUT2D eigenvalue weighted by Gasteiger charge is 2.34. The third kappa shape index (κ3) is 4.67. The fourth-order valence-corrected chi connectivity index (χ4v) is 3.63. The minimum atomic E-state index is -0.890. The number of hydrogen-bond acceptors (Lipinski definition) is 3. The van der Waals surface area contributed by atoms with E-state index in [2.05, 4.69) is 10.6 Å². The normalized spacial score (nSPS) is 15.3. The van der Waals surface area contributed by atoms with Crippen molar-refractivity contribution in [2.45, 2.75) is 19.0 Å². The Morgan fingerprint density at radius 3 is 2.58 bits per heavy atom. The van der Waals surface area contributed by atoms with E-state index in [9.17, 15) is 18.4 Å². The molecule has 3 aromatic carbocycles. The number of fused-ring (bicyclic) bond motifs is 1. The highest BCUT2D eigenvalue weighted by atomic mass is 35.5. The van der Waals surface area contributed by atoms with Gasteiger partial charge in [0, 0.05) is 11.1 Å². The highest BCUT2D eigenvalue weighted by molar-refractivity contribution is 6.31. The average Bonchev–Trinajstić information content (AvgIpc) is 2.74. The van der Waals surface area contributed by atoms with E-state index in [0.717, 1.165) is 17.7 Å². The quantitative estimate of drug-likeness (QED) is 0.587. The molecule has 1 atom stereocenters. The maximum absolute atomic E-state index is 13.9. The highest BCUT2D eigenvalue weighted by Crippen LogP contribution is 2.35. The van der Waals surface area contributed by atoms with Crippen molar-refractivity contribution in [3.8, 4) is 0 Å². The van der Waals surface area contributed by atoms with Gasteiger partial charge in [0.2, 0.25) is 11.8 Å². The summed E-state index contributed by atoms with van der Waals surface area (Å²) in [4.78, 5) is 27.3. The number of anilines is 3. The smallest absolute Gasteiger partial charge is 0.250 e. The van der Waals surface area contributed by atoms with Gasteiger partial charge in [-0.25, -0.2) is 8.78 Å². The largest absolute Gasteiger partial charge is 0.372 e. The monoisotopic (exact) mass is 441 g/mol. The zero-order valence-electron chi connectivity index (χ0n) is 16.2. The van der Waals surface area contributed by atoms with Crippen molar-refractivity contribution in [1.29, 1.82) is 0 Å². The number of nitrogens with zero attached hydrogens (tertiary/aromatic N) is 1. The standard InChI is InChI=1S/C23H18ClF2N3O2/c24-15-6-9-21-19(10-15)27-20(23(31)29(21)13-14-4-2-1-3-5-14)12-22(30)28-18-8-7-16(25)11-17(18)26/h1-11,20,27H,12-13H2,(H,28,30). The molecule has 0 spiro atoms. The molecule has 0 radical (unpaired) electrons. The number of nitrogens with one attached hydrogen (secondary N) is 2. The molecule has 0 saturated heterocycles. The molecule has 1 heterocycles. The summed E-state index contributed by atoms with van der Waals surface area (Å²) in [6.45, 7) is 0.320. The van der Waals surface area contributed by atoms with Crippen LogP contribution in [-0.2, 0) is 16.1 Å². The first-order chi connectivity index (χ1) is 14.9. The van der Waals surface area contributed by atoms with Crippen LogP contribution in [0.5, 0.6) is 0 Å². The fourth-order valence-electron chi connectivity index (χ4n) is 3.46. The molecule has 0 fully saturated rings. The van der Waals surface area contributed by atoms with Gasteiger partial charge in [0.05, 0.1) is 30.0 Å². The summed E-state index contributed by atoms with van der Waals surface area (Å²) in [6, 6.07) is 16.6. The van der Waals surface area contributed by atoms with E-state index in [0.29, 0.717) is 29.0 Å². The van der Waals surface area contributed by atoms with Gasteiger partial charge in [-0.15, -0.1) is 0 Å². The minimum absolute atomic E-state index is 0.153. The Bertz CT molecular complexity index is 1140. The van der Waals surface area contributed by atoms with Gasteiger partial charge >= 0.3 is 0 Å². The van der Waals surface area contributed by atoms with Gasteiger partial charge in [-0.3, -0.25) is 9.59 Å². The number of carbonyl (C=O) groups is 2. The van der Waals surface area contributed by atoms with Gasteiger partial charge in [0.15, 0.2) is 0 Å². The lowest BCUT2D eigenvalue weighted by molar-refractivity contribution is -0.123. The molecule has 1 aliphatic heterocycles. The summed E-state index contributed by atoms with van der Waals surface area (Å²) in [5.74, 6) is -2.52. The van der Waals surface area contributed by atoms with Crippen molar-refractivity contribution in [3.63, 3.8) is 0 Å². The average molecular weight is 442 g/mol. The van der Waals surface area contributed by atoms with Crippen LogP contribution in [0.1, 0.15) is 12.0 Å². The molecule has 1 unspecified atom stereocenters. The van der Waals surface area contributed by atoms with Gasteiger partial charge < -0.3 is 15.5 Å². The van der Waals surface area contributed by atoms with E-state index < -0.39 is 23.6 Å². The predicted molar refractivity (Wildman–Crippen MR) is 116 cm³/mol. The van der Waals surface area contributed by atoms with Gasteiger partial charge in [-0.05, 0) is 35.9 Å². The van der Waals surface area contributed by atoms with Crippen molar-refractivity contribution in [3.05, 3.63) is 89.0 Å². The molecule has 0 aromatic heterocycles. The number of rotatable bonds is 5. The van der Waals surface area contributed by atoms with Crippen LogP contribution in [0.2, 0.25) is 5.02 Å². The number of benzene rings is 3. The Morgan fingerprint density at radius 1 is 1.06 bits per heavy atom. The van der Waals surface area contributed by atoms with Crippen molar-refractivity contribution >= 4 is 40.5 Å². The molecular weight excluding hydrogens is 424 g/mol. The number of hydrogen-bond donors (Lipinski definition) is 2. The lowest BCUT2D eigenvalue weighted by Gasteiger charge is -2.35. The molecule has 31 heavy (non-hydrogen) atoms. The van der Waals surface area contributed by atoms with Gasteiger partial charge in [0.25, 0.3) is 0 Å². The van der Waals surface area contributed by atoms with Crippen molar-refractivity contribution in [2.24, 2.45) is 0 Å². The Labute approximate surface area is 182 Å². The molecule has 2 N–H and O–H groups in total. The maximum Gasteiger partial charge on any atom is 0.250 e. The minimum Gasteiger partial charge on any atom is -0.372 e. The van der Waals surface area contributed by atoms with Crippen LogP contribution in [0, 0.1) is 11.6 Å². The Morgan fingerprint density at radius 2 is 1.84 bits per heavy atom. The van der Waals surface area contributed by atoms with Crippen LogP contribution < -0.4 is 15.5 Å². The Balaban J connectivity index is 1.56. The summed E-state index contributed by atoms with van der Waals surface area (Å²) < 4.78 is 26.9. The molecule has 1 aliphatic rings. The summed E-state index contributed by atoms with van der Waals surface area (Å²) >= 11 is 6.12. The van der Waals surface area contributed by atoms with E-state index in [4.69, 9.17) is 11.6 Å². The zero-order valence-corrected chi connectivity index (χ0v) is 17.0. The SMILES string of the molecule is O=C(CC1Nc2cc(Cl)ccc2N(Cc2ccccc2)C1=O)Nc1ccc(F)cc1F. The van der Waals surface area contributed by atoms with Gasteiger partial charge in [-0.1, -0.05) is 41.9 Å². The number of halogens is 3. The summed E-state index contributed by atoms with van der Waals surface area (Å²) in [7, 11) is 0. The van der Waals surface area contributed by atoms with Crippen LogP contribution >= 0.6 is 11.6 Å². The van der Waals surface area contributed by atoms with Crippen LogP contribution in [0.15, 0.2) is 66.7 Å². The predicted octanol–water partition coefficient (Wildman–Crippen LogP) is 4.97. The van der Waals surface area contributed by atoms with Crippen molar-refractivity contribution in [1.82, 2.24) is 0 Å². The first-order valence-electron chi connectivity index (χ1n) is 9.57. The molecular formula is C23H18ClF2N3O2. The van der Waals surface area contributed by atoms with E-state index in [1.807, 2.05) is 30.3 Å². The van der Waals surface area contributed by atoms with Crippen LogP contribution in [0.4, 0.5) is 25.8 Å². The van der Waals surface area contributed by atoms with Crippen molar-refractivity contribution in [2.75, 3.05) is 15.5 Å². The number of carbonyl (C=O) groups excluding carboxylic acids is 2. The molecule has 0 aliphatic carbocycles. The molecule has 4 rings (SSSR count). The van der Waals surface area contributed by atoms with Crippen LogP contribution in [0.3, 0.4) is 0 Å². The second-order valence-electron chi connectivity index (χ2n) is 7.14. The zero-order chi connectivity index (χ0) is 22.0. The second kappa shape index (κ2) is 8.73.